The number of nitrogens with zero attached hydrogens (tertiary/aromatic N) is 3. The molecule has 0 aromatic heterocycles. The predicted molar refractivity (Wildman–Crippen MR) is 146 cm³/mol. The van der Waals surface area contributed by atoms with Crippen LogP contribution in [0.25, 0.3) is 0 Å². The summed E-state index contributed by atoms with van der Waals surface area (Å²) in [5.41, 5.74) is 4.95. The second-order valence-electron chi connectivity index (χ2n) is 10.3. The molecule has 3 fully saturated rings. The van der Waals surface area contributed by atoms with Crippen LogP contribution in [0.4, 0.5) is 5.69 Å². The SMILES string of the molecule is COc1cc(N2CCN3C(CCC[C@@H]3c3ccc(OCC(=O)N4CCOCC4)c(C)c3C)C2)ccc1Cl. The molecule has 8 heteroatoms. The quantitative estimate of drug-likeness (QED) is 0.546. The first-order chi connectivity index (χ1) is 18.0. The molecule has 0 spiro atoms. The zero-order chi connectivity index (χ0) is 25.9. The van der Waals surface area contributed by atoms with Gasteiger partial charge >= 0.3 is 0 Å². The van der Waals surface area contributed by atoms with Gasteiger partial charge in [0, 0.05) is 56.6 Å². The van der Waals surface area contributed by atoms with Gasteiger partial charge in [-0.2, -0.15) is 0 Å². The molecule has 7 nitrogen and oxygen atoms in total. The van der Waals surface area contributed by atoms with Gasteiger partial charge < -0.3 is 24.0 Å². The summed E-state index contributed by atoms with van der Waals surface area (Å²) in [6.45, 7) is 9.85. The predicted octanol–water partition coefficient (Wildman–Crippen LogP) is 4.62. The van der Waals surface area contributed by atoms with Gasteiger partial charge in [0.25, 0.3) is 5.91 Å². The maximum absolute atomic E-state index is 12.5. The van der Waals surface area contributed by atoms with E-state index >= 15 is 0 Å². The average Bonchev–Trinajstić information content (AvgIpc) is 2.94. The van der Waals surface area contributed by atoms with Crippen molar-refractivity contribution in [1.29, 1.82) is 0 Å². The smallest absolute Gasteiger partial charge is 0.260 e. The maximum Gasteiger partial charge on any atom is 0.260 e. The molecule has 0 radical (unpaired) electrons. The molecule has 3 aliphatic rings. The number of fused-ring (bicyclic) bond motifs is 1. The van der Waals surface area contributed by atoms with Gasteiger partial charge in [0.2, 0.25) is 0 Å². The standard InChI is InChI=1S/C29H38ClN3O4/c1-20-21(2)27(37-19-29(34)31-13-15-36-16-14-31)10-8-24(20)26-6-4-5-23-18-32(11-12-33(23)26)22-7-9-25(30)28(17-22)35-3/h7-10,17,23,26H,4-6,11-16,18-19H2,1-3H3/t23?,26-/m1/s1. The summed E-state index contributed by atoms with van der Waals surface area (Å²) in [6, 6.07) is 11.3. The van der Waals surface area contributed by atoms with Gasteiger partial charge in [-0.05, 0) is 68.0 Å². The molecule has 0 bridgehead atoms. The van der Waals surface area contributed by atoms with Gasteiger partial charge in [0.05, 0.1) is 25.3 Å². The molecule has 3 saturated heterocycles. The summed E-state index contributed by atoms with van der Waals surface area (Å²) >= 11 is 6.26. The molecule has 37 heavy (non-hydrogen) atoms. The Balaban J connectivity index is 1.26. The van der Waals surface area contributed by atoms with Gasteiger partial charge in [-0.15, -0.1) is 0 Å². The van der Waals surface area contributed by atoms with Crippen LogP contribution in [-0.2, 0) is 9.53 Å². The normalized spacial score (nSPS) is 22.5. The molecular formula is C29H38ClN3O4. The molecular weight excluding hydrogens is 490 g/mol. The van der Waals surface area contributed by atoms with E-state index < -0.39 is 0 Å². The summed E-state index contributed by atoms with van der Waals surface area (Å²) in [6.07, 6.45) is 3.59. The van der Waals surface area contributed by atoms with Crippen molar-refractivity contribution in [2.24, 2.45) is 0 Å². The summed E-state index contributed by atoms with van der Waals surface area (Å²) < 4.78 is 16.8. The number of carbonyl (C=O) groups is 1. The minimum absolute atomic E-state index is 0.0238. The lowest BCUT2D eigenvalue weighted by Crippen LogP contribution is -2.56. The van der Waals surface area contributed by atoms with E-state index in [2.05, 4.69) is 41.8 Å². The van der Waals surface area contributed by atoms with Crippen molar-refractivity contribution in [1.82, 2.24) is 9.80 Å². The molecule has 5 rings (SSSR count). The number of carbonyl (C=O) groups excluding carboxylic acids is 1. The number of hydrogen-bond acceptors (Lipinski definition) is 6. The highest BCUT2D eigenvalue weighted by Gasteiger charge is 2.36. The van der Waals surface area contributed by atoms with Crippen LogP contribution >= 0.6 is 11.6 Å². The van der Waals surface area contributed by atoms with Crippen molar-refractivity contribution in [2.45, 2.75) is 45.2 Å². The third kappa shape index (κ3) is 5.54. The van der Waals surface area contributed by atoms with E-state index in [1.54, 1.807) is 7.11 Å². The Morgan fingerprint density at radius 1 is 1.03 bits per heavy atom. The van der Waals surface area contributed by atoms with E-state index in [9.17, 15) is 4.79 Å². The van der Waals surface area contributed by atoms with E-state index in [1.807, 2.05) is 17.0 Å². The summed E-state index contributed by atoms with van der Waals surface area (Å²) in [5, 5.41) is 0.645. The first kappa shape index (κ1) is 26.1. The van der Waals surface area contributed by atoms with Crippen molar-refractivity contribution < 1.29 is 19.0 Å². The third-order valence-corrected chi connectivity index (χ3v) is 8.61. The molecule has 2 atom stereocenters. The minimum atomic E-state index is 0.0238. The highest BCUT2D eigenvalue weighted by Crippen LogP contribution is 2.40. The van der Waals surface area contributed by atoms with Crippen LogP contribution < -0.4 is 14.4 Å². The van der Waals surface area contributed by atoms with Gasteiger partial charge in [0.1, 0.15) is 11.5 Å². The first-order valence-corrected chi connectivity index (χ1v) is 13.8. The van der Waals surface area contributed by atoms with E-state index in [1.165, 1.54) is 36.1 Å². The number of benzene rings is 2. The minimum Gasteiger partial charge on any atom is -0.495 e. The van der Waals surface area contributed by atoms with Crippen LogP contribution in [0.2, 0.25) is 5.02 Å². The summed E-state index contributed by atoms with van der Waals surface area (Å²) in [5.74, 6) is 1.55. The lowest BCUT2D eigenvalue weighted by molar-refractivity contribution is -0.137. The second kappa shape index (κ2) is 11.5. The second-order valence-corrected chi connectivity index (χ2v) is 10.7. The molecule has 0 saturated carbocycles. The highest BCUT2D eigenvalue weighted by atomic mass is 35.5. The van der Waals surface area contributed by atoms with Gasteiger partial charge in [-0.1, -0.05) is 17.7 Å². The molecule has 1 amide bonds. The Kier molecular flexibility index (Phi) is 8.12. The number of halogens is 1. The topological polar surface area (TPSA) is 54.5 Å². The van der Waals surface area contributed by atoms with Crippen molar-refractivity contribution in [2.75, 3.05) is 64.6 Å². The van der Waals surface area contributed by atoms with Crippen molar-refractivity contribution in [3.05, 3.63) is 52.0 Å². The Morgan fingerprint density at radius 2 is 1.84 bits per heavy atom. The van der Waals surface area contributed by atoms with Crippen LogP contribution in [-0.4, -0.2) is 81.4 Å². The van der Waals surface area contributed by atoms with Crippen LogP contribution in [0.3, 0.4) is 0 Å². The number of methoxy groups -OCH3 is 1. The van der Waals surface area contributed by atoms with E-state index in [4.69, 9.17) is 25.8 Å². The van der Waals surface area contributed by atoms with Crippen LogP contribution in [0.1, 0.15) is 42.0 Å². The fourth-order valence-corrected chi connectivity index (χ4v) is 6.24. The Morgan fingerprint density at radius 3 is 2.62 bits per heavy atom. The zero-order valence-electron chi connectivity index (χ0n) is 22.2. The maximum atomic E-state index is 12.5. The van der Waals surface area contributed by atoms with Crippen LogP contribution in [0.15, 0.2) is 30.3 Å². The molecule has 200 valence electrons. The van der Waals surface area contributed by atoms with Crippen LogP contribution in [0.5, 0.6) is 11.5 Å². The number of piperazine rings is 1. The van der Waals surface area contributed by atoms with Gasteiger partial charge in [-0.3, -0.25) is 9.69 Å². The molecule has 3 aliphatic heterocycles. The molecule has 3 heterocycles. The highest BCUT2D eigenvalue weighted by molar-refractivity contribution is 6.32. The number of rotatable bonds is 6. The van der Waals surface area contributed by atoms with Crippen molar-refractivity contribution in [3.63, 3.8) is 0 Å². The molecule has 1 unspecified atom stereocenters. The first-order valence-electron chi connectivity index (χ1n) is 13.4. The van der Waals surface area contributed by atoms with E-state index in [0.29, 0.717) is 43.4 Å². The number of amides is 1. The zero-order valence-corrected chi connectivity index (χ0v) is 22.9. The molecule has 2 aromatic carbocycles. The fraction of sp³-hybridized carbons (Fsp3) is 0.552. The summed E-state index contributed by atoms with van der Waals surface area (Å²) in [4.78, 5) is 19.5. The molecule has 2 aromatic rings. The van der Waals surface area contributed by atoms with Crippen LogP contribution in [0, 0.1) is 13.8 Å². The number of anilines is 1. The molecule has 0 aliphatic carbocycles. The number of piperidine rings is 1. The Bertz CT molecular complexity index is 1120. The Labute approximate surface area is 225 Å². The van der Waals surface area contributed by atoms with Gasteiger partial charge in [0.15, 0.2) is 6.61 Å². The Hall–Kier alpha value is -2.48. The largest absolute Gasteiger partial charge is 0.495 e. The van der Waals surface area contributed by atoms with Gasteiger partial charge in [-0.25, -0.2) is 0 Å². The van der Waals surface area contributed by atoms with Crippen molar-refractivity contribution >= 4 is 23.2 Å². The summed E-state index contributed by atoms with van der Waals surface area (Å²) in [7, 11) is 1.66. The fourth-order valence-electron chi connectivity index (χ4n) is 6.04. The number of ether oxygens (including phenoxy) is 3. The van der Waals surface area contributed by atoms with E-state index in [0.717, 1.165) is 36.7 Å². The van der Waals surface area contributed by atoms with E-state index in [-0.39, 0.29) is 12.5 Å². The third-order valence-electron chi connectivity index (χ3n) is 8.30. The molecule has 0 N–H and O–H groups in total. The number of morpholine rings is 1. The lowest BCUT2D eigenvalue weighted by atomic mass is 9.86. The number of hydrogen-bond donors (Lipinski definition) is 0. The lowest BCUT2D eigenvalue weighted by Gasteiger charge is -2.49. The monoisotopic (exact) mass is 527 g/mol. The van der Waals surface area contributed by atoms with Crippen molar-refractivity contribution in [3.8, 4) is 11.5 Å². The average molecular weight is 528 g/mol.